The maximum Gasteiger partial charge on any atom is 0.325 e. The van der Waals surface area contributed by atoms with E-state index >= 15 is 0 Å². The van der Waals surface area contributed by atoms with Crippen LogP contribution in [0, 0.1) is 0 Å². The SMILES string of the molecule is C[C@]1(CCc2ccccc2)NC(=O)N(CC(=O)NCCc2cccs2)C1=O. The van der Waals surface area contributed by atoms with Crippen molar-refractivity contribution in [2.75, 3.05) is 13.1 Å². The Labute approximate surface area is 162 Å². The molecular formula is C20H23N3O3S. The molecule has 3 rings (SSSR count). The van der Waals surface area contributed by atoms with Crippen LogP contribution in [-0.2, 0) is 22.4 Å². The van der Waals surface area contributed by atoms with Crippen molar-refractivity contribution in [3.63, 3.8) is 0 Å². The van der Waals surface area contributed by atoms with Crippen molar-refractivity contribution in [3.8, 4) is 0 Å². The number of aryl methyl sites for hydroxylation is 1. The van der Waals surface area contributed by atoms with E-state index < -0.39 is 11.6 Å². The number of carbonyl (C=O) groups is 3. The number of nitrogens with zero attached hydrogens (tertiary/aromatic N) is 1. The molecule has 1 saturated heterocycles. The Morgan fingerprint density at radius 3 is 2.63 bits per heavy atom. The molecule has 0 bridgehead atoms. The highest BCUT2D eigenvalue weighted by Gasteiger charge is 2.47. The molecule has 0 spiro atoms. The van der Waals surface area contributed by atoms with E-state index in [-0.39, 0.29) is 18.4 Å². The molecule has 0 saturated carbocycles. The number of carbonyl (C=O) groups excluding carboxylic acids is 3. The summed E-state index contributed by atoms with van der Waals surface area (Å²) in [5, 5.41) is 7.50. The Hall–Kier alpha value is -2.67. The number of hydrogen-bond donors (Lipinski definition) is 2. The van der Waals surface area contributed by atoms with E-state index in [4.69, 9.17) is 0 Å². The molecule has 2 heterocycles. The lowest BCUT2D eigenvalue weighted by atomic mass is 9.93. The largest absolute Gasteiger partial charge is 0.354 e. The average Bonchev–Trinajstić information content (AvgIpc) is 3.24. The predicted octanol–water partition coefficient (Wildman–Crippen LogP) is 2.35. The van der Waals surface area contributed by atoms with Crippen molar-refractivity contribution < 1.29 is 14.4 Å². The van der Waals surface area contributed by atoms with Gasteiger partial charge in [-0.1, -0.05) is 36.4 Å². The van der Waals surface area contributed by atoms with Gasteiger partial charge in [0, 0.05) is 11.4 Å². The number of urea groups is 1. The highest BCUT2D eigenvalue weighted by Crippen LogP contribution is 2.23. The van der Waals surface area contributed by atoms with Crippen molar-refractivity contribution in [2.45, 2.75) is 31.7 Å². The zero-order valence-electron chi connectivity index (χ0n) is 15.2. The van der Waals surface area contributed by atoms with Gasteiger partial charge in [0.15, 0.2) is 0 Å². The molecule has 1 aliphatic heterocycles. The molecule has 4 amide bonds. The van der Waals surface area contributed by atoms with Crippen molar-refractivity contribution in [1.29, 1.82) is 0 Å². The van der Waals surface area contributed by atoms with E-state index in [1.807, 2.05) is 47.8 Å². The molecule has 0 aliphatic carbocycles. The quantitative estimate of drug-likeness (QED) is 0.685. The summed E-state index contributed by atoms with van der Waals surface area (Å²) in [5.41, 5.74) is 0.120. The maximum atomic E-state index is 12.7. The topological polar surface area (TPSA) is 78.5 Å². The van der Waals surface area contributed by atoms with Gasteiger partial charge < -0.3 is 10.6 Å². The summed E-state index contributed by atoms with van der Waals surface area (Å²) in [5.74, 6) is -0.681. The van der Waals surface area contributed by atoms with Crippen LogP contribution in [0.5, 0.6) is 0 Å². The maximum absolute atomic E-state index is 12.7. The normalized spacial score (nSPS) is 19.2. The minimum atomic E-state index is -0.982. The fraction of sp³-hybridized carbons (Fsp3) is 0.350. The standard InChI is InChI=1S/C20H23N3O3S/c1-20(11-9-15-6-3-2-4-7-15)18(25)23(19(26)22-20)14-17(24)21-12-10-16-8-5-13-27-16/h2-8,13H,9-12,14H2,1H3,(H,21,24)(H,22,26)/t20-/m1/s1. The molecule has 2 N–H and O–H groups in total. The van der Waals surface area contributed by atoms with E-state index in [0.29, 0.717) is 19.4 Å². The molecule has 1 atom stereocenters. The summed E-state index contributed by atoms with van der Waals surface area (Å²) in [7, 11) is 0. The van der Waals surface area contributed by atoms with Gasteiger partial charge in [-0.05, 0) is 43.2 Å². The third kappa shape index (κ3) is 4.74. The van der Waals surface area contributed by atoms with E-state index in [1.54, 1.807) is 18.3 Å². The van der Waals surface area contributed by atoms with Crippen LogP contribution in [0.3, 0.4) is 0 Å². The van der Waals surface area contributed by atoms with Crippen molar-refractivity contribution in [1.82, 2.24) is 15.5 Å². The van der Waals surface area contributed by atoms with Crippen LogP contribution in [0.2, 0.25) is 0 Å². The molecule has 0 radical (unpaired) electrons. The van der Waals surface area contributed by atoms with Crippen LogP contribution in [0.15, 0.2) is 47.8 Å². The number of benzene rings is 1. The van der Waals surface area contributed by atoms with Crippen LogP contribution < -0.4 is 10.6 Å². The average molecular weight is 385 g/mol. The first-order valence-corrected chi connectivity index (χ1v) is 9.83. The zero-order valence-corrected chi connectivity index (χ0v) is 16.1. The van der Waals surface area contributed by atoms with Gasteiger partial charge >= 0.3 is 6.03 Å². The molecule has 7 heteroatoms. The lowest BCUT2D eigenvalue weighted by Crippen LogP contribution is -2.45. The molecule has 2 aromatic rings. The molecule has 1 fully saturated rings. The van der Waals surface area contributed by atoms with Gasteiger partial charge in [0.25, 0.3) is 5.91 Å². The third-order valence-electron chi connectivity index (χ3n) is 4.68. The Morgan fingerprint density at radius 1 is 1.15 bits per heavy atom. The van der Waals surface area contributed by atoms with Gasteiger partial charge in [-0.3, -0.25) is 14.5 Å². The first-order chi connectivity index (χ1) is 13.0. The number of thiophene rings is 1. The fourth-order valence-electron chi connectivity index (χ4n) is 3.08. The lowest BCUT2D eigenvalue weighted by molar-refractivity contribution is -0.134. The van der Waals surface area contributed by atoms with E-state index in [1.165, 1.54) is 4.88 Å². The van der Waals surface area contributed by atoms with Crippen LogP contribution >= 0.6 is 11.3 Å². The highest BCUT2D eigenvalue weighted by molar-refractivity contribution is 7.09. The second kappa shape index (κ2) is 8.35. The van der Waals surface area contributed by atoms with Crippen LogP contribution in [-0.4, -0.2) is 41.4 Å². The van der Waals surface area contributed by atoms with E-state index in [2.05, 4.69) is 10.6 Å². The minimum Gasteiger partial charge on any atom is -0.354 e. The lowest BCUT2D eigenvalue weighted by Gasteiger charge is -2.21. The molecular weight excluding hydrogens is 362 g/mol. The molecule has 6 nitrogen and oxygen atoms in total. The Balaban J connectivity index is 1.51. The van der Waals surface area contributed by atoms with Gasteiger partial charge in [-0.15, -0.1) is 11.3 Å². The van der Waals surface area contributed by atoms with E-state index in [9.17, 15) is 14.4 Å². The predicted molar refractivity (Wildman–Crippen MR) is 104 cm³/mol. The number of nitrogens with one attached hydrogen (secondary N) is 2. The van der Waals surface area contributed by atoms with Gasteiger partial charge in [-0.2, -0.15) is 0 Å². The monoisotopic (exact) mass is 385 g/mol. The molecule has 0 unspecified atom stereocenters. The van der Waals surface area contributed by atoms with Gasteiger partial charge in [0.1, 0.15) is 12.1 Å². The third-order valence-corrected chi connectivity index (χ3v) is 5.61. The van der Waals surface area contributed by atoms with Gasteiger partial charge in [0.05, 0.1) is 0 Å². The highest BCUT2D eigenvalue weighted by atomic mass is 32.1. The molecule has 1 aliphatic rings. The van der Waals surface area contributed by atoms with Gasteiger partial charge in [-0.25, -0.2) is 4.79 Å². The zero-order chi connectivity index (χ0) is 19.3. The number of rotatable bonds is 8. The summed E-state index contributed by atoms with van der Waals surface area (Å²) in [4.78, 5) is 39.3. The second-order valence-corrected chi connectivity index (χ2v) is 7.85. The number of imide groups is 1. The van der Waals surface area contributed by atoms with Crippen LogP contribution in [0.1, 0.15) is 23.8 Å². The Morgan fingerprint density at radius 2 is 1.93 bits per heavy atom. The first-order valence-electron chi connectivity index (χ1n) is 8.95. The summed E-state index contributed by atoms with van der Waals surface area (Å²) in [6, 6.07) is 13.3. The van der Waals surface area contributed by atoms with Crippen molar-refractivity contribution >= 4 is 29.2 Å². The molecule has 1 aromatic carbocycles. The van der Waals surface area contributed by atoms with Crippen molar-refractivity contribution in [3.05, 3.63) is 58.3 Å². The summed E-state index contributed by atoms with van der Waals surface area (Å²) in [6.45, 7) is 1.94. The van der Waals surface area contributed by atoms with Crippen molar-refractivity contribution in [2.24, 2.45) is 0 Å². The molecule has 27 heavy (non-hydrogen) atoms. The van der Waals surface area contributed by atoms with E-state index in [0.717, 1.165) is 16.9 Å². The van der Waals surface area contributed by atoms with Crippen LogP contribution in [0.25, 0.3) is 0 Å². The summed E-state index contributed by atoms with van der Waals surface area (Å²) >= 11 is 1.63. The number of amides is 4. The fourth-order valence-corrected chi connectivity index (χ4v) is 3.79. The minimum absolute atomic E-state index is 0.254. The molecule has 142 valence electrons. The number of hydrogen-bond acceptors (Lipinski definition) is 4. The van der Waals surface area contributed by atoms with Crippen LogP contribution in [0.4, 0.5) is 4.79 Å². The Bertz CT molecular complexity index is 807. The Kier molecular flexibility index (Phi) is 5.91. The summed E-state index contributed by atoms with van der Waals surface area (Å²) in [6.07, 6.45) is 1.89. The summed E-state index contributed by atoms with van der Waals surface area (Å²) < 4.78 is 0. The first kappa shape index (κ1) is 19.1. The molecule has 1 aromatic heterocycles. The van der Waals surface area contributed by atoms with Gasteiger partial charge in [0.2, 0.25) is 5.91 Å². The second-order valence-electron chi connectivity index (χ2n) is 6.82. The smallest absolute Gasteiger partial charge is 0.325 e.